The predicted molar refractivity (Wildman–Crippen MR) is 126 cm³/mol. The van der Waals surface area contributed by atoms with E-state index in [9.17, 15) is 9.18 Å². The largest absolute Gasteiger partial charge is 0.481 e. The van der Waals surface area contributed by atoms with Crippen LogP contribution in [0.1, 0.15) is 37.8 Å². The molecule has 0 amide bonds. The summed E-state index contributed by atoms with van der Waals surface area (Å²) in [5.74, 6) is 0.338. The smallest absolute Gasteiger partial charge is 0.306 e. The minimum atomic E-state index is -0.630. The second kappa shape index (κ2) is 11.3. The molecule has 1 saturated carbocycles. The van der Waals surface area contributed by atoms with Crippen LogP contribution in [-0.4, -0.2) is 17.6 Å². The minimum Gasteiger partial charge on any atom is -0.481 e. The number of para-hydroxylation sites is 1. The van der Waals surface area contributed by atoms with E-state index >= 15 is 0 Å². The zero-order valence-corrected chi connectivity index (χ0v) is 18.6. The van der Waals surface area contributed by atoms with Crippen molar-refractivity contribution in [2.45, 2.75) is 39.7 Å². The van der Waals surface area contributed by atoms with E-state index in [1.807, 2.05) is 50.2 Å². The standard InChI is InChI=1S/C21H18FNO.C4H6O2.C2H6/c22-18-12-19(14-21(13-18)24-20-8-2-1-3-9-20)23-11-10-16-6-4-5-7-17(16)15-23;5-4(6)3-1-2-3;1-2/h1-9,12-14H,10-11,15H2;3H,1-2H2,(H,5,6);1-2H3. The van der Waals surface area contributed by atoms with Crippen molar-refractivity contribution in [1.82, 2.24) is 0 Å². The Balaban J connectivity index is 0.000000309. The van der Waals surface area contributed by atoms with Crippen LogP contribution >= 0.6 is 0 Å². The van der Waals surface area contributed by atoms with E-state index in [1.165, 1.54) is 17.2 Å². The lowest BCUT2D eigenvalue weighted by Gasteiger charge is -2.31. The summed E-state index contributed by atoms with van der Waals surface area (Å²) in [5, 5.41) is 8.05. The molecule has 5 heteroatoms. The lowest BCUT2D eigenvalue weighted by atomic mass is 9.99. The molecule has 2 aliphatic rings. The van der Waals surface area contributed by atoms with Gasteiger partial charge in [-0.1, -0.05) is 56.3 Å². The molecule has 1 N–H and O–H groups in total. The highest BCUT2D eigenvalue weighted by molar-refractivity contribution is 5.72. The van der Waals surface area contributed by atoms with Crippen LogP contribution in [0.4, 0.5) is 10.1 Å². The van der Waals surface area contributed by atoms with Crippen LogP contribution in [0.25, 0.3) is 0 Å². The summed E-state index contributed by atoms with van der Waals surface area (Å²) in [6, 6.07) is 22.8. The van der Waals surface area contributed by atoms with E-state index in [0.717, 1.165) is 38.0 Å². The molecule has 4 nitrogen and oxygen atoms in total. The Morgan fingerprint density at radius 3 is 2.22 bits per heavy atom. The molecule has 32 heavy (non-hydrogen) atoms. The normalized spacial score (nSPS) is 14.2. The molecule has 0 atom stereocenters. The second-order valence-corrected chi connectivity index (χ2v) is 7.61. The van der Waals surface area contributed by atoms with E-state index in [1.54, 1.807) is 6.07 Å². The lowest BCUT2D eigenvalue weighted by Crippen LogP contribution is -2.30. The number of nitrogens with zero attached hydrogens (tertiary/aromatic N) is 1. The van der Waals surface area contributed by atoms with Crippen LogP contribution in [0, 0.1) is 11.7 Å². The Morgan fingerprint density at radius 1 is 0.938 bits per heavy atom. The molecular weight excluding hydrogens is 405 g/mol. The maximum Gasteiger partial charge on any atom is 0.306 e. The second-order valence-electron chi connectivity index (χ2n) is 7.61. The van der Waals surface area contributed by atoms with Gasteiger partial charge in [0, 0.05) is 30.9 Å². The maximum atomic E-state index is 14.1. The number of hydrogen-bond acceptors (Lipinski definition) is 3. The number of hydrogen-bond donors (Lipinski definition) is 1. The van der Waals surface area contributed by atoms with Gasteiger partial charge < -0.3 is 14.7 Å². The minimum absolute atomic E-state index is 0.0185. The average Bonchev–Trinajstić information content (AvgIpc) is 3.67. The van der Waals surface area contributed by atoms with Crippen LogP contribution in [-0.2, 0) is 17.8 Å². The molecule has 0 aromatic heterocycles. The van der Waals surface area contributed by atoms with Crippen LogP contribution in [0.15, 0.2) is 72.8 Å². The number of fused-ring (bicyclic) bond motifs is 1. The Morgan fingerprint density at radius 2 is 1.59 bits per heavy atom. The van der Waals surface area contributed by atoms with Gasteiger partial charge in [-0.25, -0.2) is 4.39 Å². The molecule has 0 spiro atoms. The zero-order valence-electron chi connectivity index (χ0n) is 18.6. The van der Waals surface area contributed by atoms with Crippen molar-refractivity contribution < 1.29 is 19.0 Å². The molecule has 1 aliphatic heterocycles. The summed E-state index contributed by atoms with van der Waals surface area (Å²) in [4.78, 5) is 12.0. The monoisotopic (exact) mass is 435 g/mol. The average molecular weight is 436 g/mol. The number of halogens is 1. The van der Waals surface area contributed by atoms with E-state index in [2.05, 4.69) is 29.2 Å². The van der Waals surface area contributed by atoms with E-state index in [0.29, 0.717) is 11.5 Å². The number of benzene rings is 3. The highest BCUT2D eigenvalue weighted by Crippen LogP contribution is 2.31. The van der Waals surface area contributed by atoms with E-state index < -0.39 is 5.97 Å². The summed E-state index contributed by atoms with van der Waals surface area (Å²) in [5.41, 5.74) is 3.54. The van der Waals surface area contributed by atoms with Gasteiger partial charge in [0.15, 0.2) is 0 Å². The van der Waals surface area contributed by atoms with Gasteiger partial charge in [0.05, 0.1) is 5.92 Å². The molecule has 1 fully saturated rings. The van der Waals surface area contributed by atoms with Crippen molar-refractivity contribution in [3.05, 3.63) is 89.7 Å². The van der Waals surface area contributed by atoms with Gasteiger partial charge >= 0.3 is 5.97 Å². The van der Waals surface area contributed by atoms with Gasteiger partial charge in [0.25, 0.3) is 0 Å². The molecule has 0 saturated heterocycles. The topological polar surface area (TPSA) is 49.8 Å². The number of aliphatic carboxylic acids is 1. The molecule has 168 valence electrons. The number of rotatable bonds is 4. The molecule has 0 unspecified atom stereocenters. The first-order valence-electron chi connectivity index (χ1n) is 11.2. The van der Waals surface area contributed by atoms with Crippen molar-refractivity contribution in [2.24, 2.45) is 5.92 Å². The lowest BCUT2D eigenvalue weighted by molar-refractivity contribution is -0.138. The molecule has 1 heterocycles. The number of carboxylic acid groups (broad SMARTS) is 1. The fourth-order valence-corrected chi connectivity index (χ4v) is 3.46. The Labute approximate surface area is 189 Å². The van der Waals surface area contributed by atoms with Gasteiger partial charge in [0.1, 0.15) is 17.3 Å². The molecule has 1 aliphatic carbocycles. The van der Waals surface area contributed by atoms with Crippen molar-refractivity contribution >= 4 is 11.7 Å². The SMILES string of the molecule is CC.Fc1cc(Oc2ccccc2)cc(N2CCc3ccccc3C2)c1.O=C(O)C1CC1. The number of anilines is 1. The van der Waals surface area contributed by atoms with Gasteiger partial charge in [-0.15, -0.1) is 0 Å². The quantitative estimate of drug-likeness (QED) is 0.496. The van der Waals surface area contributed by atoms with Crippen molar-refractivity contribution in [1.29, 1.82) is 0 Å². The Bertz CT molecular complexity index is 1020. The first-order chi connectivity index (χ1) is 15.6. The third-order valence-electron chi connectivity index (χ3n) is 5.26. The fraction of sp³-hybridized carbons (Fsp3) is 0.296. The summed E-state index contributed by atoms with van der Waals surface area (Å²) < 4.78 is 19.9. The summed E-state index contributed by atoms with van der Waals surface area (Å²) in [6.45, 7) is 5.68. The highest BCUT2D eigenvalue weighted by Gasteiger charge is 2.28. The van der Waals surface area contributed by atoms with Crippen LogP contribution in [0.5, 0.6) is 11.5 Å². The molecule has 3 aromatic carbocycles. The summed E-state index contributed by atoms with van der Waals surface area (Å²) in [7, 11) is 0. The predicted octanol–water partition coefficient (Wildman–Crippen LogP) is 6.69. The van der Waals surface area contributed by atoms with Crippen LogP contribution in [0.2, 0.25) is 0 Å². The molecule has 5 rings (SSSR count). The summed E-state index contributed by atoms with van der Waals surface area (Å²) in [6.07, 6.45) is 2.77. The maximum absolute atomic E-state index is 14.1. The Hall–Kier alpha value is -3.34. The summed E-state index contributed by atoms with van der Waals surface area (Å²) >= 11 is 0. The highest BCUT2D eigenvalue weighted by atomic mass is 19.1. The van der Waals surface area contributed by atoms with Gasteiger partial charge in [-0.05, 0) is 48.6 Å². The molecule has 3 aromatic rings. The number of carboxylic acids is 1. The van der Waals surface area contributed by atoms with Crippen LogP contribution < -0.4 is 9.64 Å². The molecule has 0 radical (unpaired) electrons. The molecular formula is C27H30FNO3. The third kappa shape index (κ3) is 6.58. The van der Waals surface area contributed by atoms with Crippen molar-refractivity contribution in [2.75, 3.05) is 11.4 Å². The fourth-order valence-electron chi connectivity index (χ4n) is 3.46. The van der Waals surface area contributed by atoms with E-state index in [-0.39, 0.29) is 11.7 Å². The number of carbonyl (C=O) groups is 1. The van der Waals surface area contributed by atoms with Crippen molar-refractivity contribution in [3.63, 3.8) is 0 Å². The van der Waals surface area contributed by atoms with Gasteiger partial charge in [0.2, 0.25) is 0 Å². The number of ether oxygens (including phenoxy) is 1. The third-order valence-corrected chi connectivity index (χ3v) is 5.26. The van der Waals surface area contributed by atoms with Gasteiger partial charge in [-0.3, -0.25) is 4.79 Å². The molecule has 0 bridgehead atoms. The first-order valence-corrected chi connectivity index (χ1v) is 11.2. The van der Waals surface area contributed by atoms with Crippen LogP contribution in [0.3, 0.4) is 0 Å². The first kappa shape index (κ1) is 23.3. The Kier molecular flexibility index (Phi) is 8.26. The van der Waals surface area contributed by atoms with E-state index in [4.69, 9.17) is 9.84 Å². The zero-order chi connectivity index (χ0) is 22.9. The van der Waals surface area contributed by atoms with Crippen molar-refractivity contribution in [3.8, 4) is 11.5 Å². The van der Waals surface area contributed by atoms with Gasteiger partial charge in [-0.2, -0.15) is 0 Å².